The van der Waals surface area contributed by atoms with Gasteiger partial charge in [0.05, 0.1) is 17.4 Å². The first-order valence-corrected chi connectivity index (χ1v) is 16.8. The van der Waals surface area contributed by atoms with Crippen LogP contribution in [-0.4, -0.2) is 78.7 Å². The zero-order chi connectivity index (χ0) is 34.3. The second-order valence-electron chi connectivity index (χ2n) is 14.2. The number of ether oxygens (including phenoxy) is 2. The number of fused-ring (bicyclic) bond motifs is 2. The summed E-state index contributed by atoms with van der Waals surface area (Å²) in [4.78, 5) is 38.0. The van der Waals surface area contributed by atoms with E-state index in [1.54, 1.807) is 16.1 Å². The lowest BCUT2D eigenvalue weighted by Gasteiger charge is -2.23. The molecule has 5 heterocycles. The molecule has 10 nitrogen and oxygen atoms in total. The molecule has 2 saturated heterocycles. The van der Waals surface area contributed by atoms with Gasteiger partial charge in [-0.05, 0) is 114 Å². The molecule has 10 heteroatoms. The predicted molar refractivity (Wildman–Crippen MR) is 190 cm³/mol. The molecule has 0 radical (unpaired) electrons. The van der Waals surface area contributed by atoms with Crippen molar-refractivity contribution >= 4 is 28.9 Å². The van der Waals surface area contributed by atoms with E-state index >= 15 is 0 Å². The first kappa shape index (κ1) is 34.5. The zero-order valence-corrected chi connectivity index (χ0v) is 29.0. The van der Waals surface area contributed by atoms with Crippen LogP contribution < -0.4 is 0 Å². The molecule has 3 aromatic heterocycles. The maximum absolute atomic E-state index is 11.4. The lowest BCUT2D eigenvalue weighted by Crippen LogP contribution is -2.34. The molecule has 0 unspecified atom stereocenters. The van der Waals surface area contributed by atoms with Gasteiger partial charge < -0.3 is 28.7 Å². The van der Waals surface area contributed by atoms with Crippen LogP contribution >= 0.6 is 0 Å². The van der Waals surface area contributed by atoms with Crippen molar-refractivity contribution < 1.29 is 19.1 Å². The number of carbonyl (C=O) groups excluding carboxylic acids is 2. The highest BCUT2D eigenvalue weighted by Crippen LogP contribution is 2.27. The Bertz CT molecular complexity index is 1670. The number of nitrogens with zero attached hydrogens (tertiary/aromatic N) is 5. The minimum Gasteiger partial charge on any atom is -0.444 e. The summed E-state index contributed by atoms with van der Waals surface area (Å²) in [5.74, 6) is 0. The molecule has 0 aliphatic carbocycles. The molecule has 0 bridgehead atoms. The van der Waals surface area contributed by atoms with Crippen LogP contribution in [0.25, 0.3) is 38.9 Å². The number of benzene rings is 2. The molecule has 5 aromatic rings. The number of hydrogen-bond donors (Lipinski definition) is 1. The van der Waals surface area contributed by atoms with Gasteiger partial charge in [0.2, 0.25) is 0 Å². The summed E-state index contributed by atoms with van der Waals surface area (Å²) in [7, 11) is 0. The van der Waals surface area contributed by atoms with Gasteiger partial charge in [-0.3, -0.25) is 0 Å². The van der Waals surface area contributed by atoms with E-state index in [0.29, 0.717) is 0 Å². The fourth-order valence-corrected chi connectivity index (χ4v) is 5.51. The summed E-state index contributed by atoms with van der Waals surface area (Å²) < 4.78 is 12.4. The fraction of sp³-hybridized carbons (Fsp3) is 0.421. The molecule has 48 heavy (non-hydrogen) atoms. The topological polar surface area (TPSA) is 105 Å². The molecule has 2 aromatic carbocycles. The number of pyridine rings is 1. The smallest absolute Gasteiger partial charge is 0.410 e. The van der Waals surface area contributed by atoms with E-state index in [1.165, 1.54) is 22.3 Å². The number of hydrogen-bond acceptors (Lipinski definition) is 6. The van der Waals surface area contributed by atoms with Crippen molar-refractivity contribution in [2.45, 2.75) is 78.4 Å². The third-order valence-corrected chi connectivity index (χ3v) is 7.89. The maximum Gasteiger partial charge on any atom is 0.410 e. The lowest BCUT2D eigenvalue weighted by molar-refractivity contribution is 0.0284. The Labute approximate surface area is 283 Å². The second-order valence-corrected chi connectivity index (χ2v) is 14.2. The van der Waals surface area contributed by atoms with Crippen molar-refractivity contribution in [1.82, 2.24) is 29.2 Å². The van der Waals surface area contributed by atoms with Crippen LogP contribution in [0, 0.1) is 0 Å². The first-order valence-electron chi connectivity index (χ1n) is 16.8. The molecule has 2 aliphatic heterocycles. The van der Waals surface area contributed by atoms with Crippen LogP contribution in [0.1, 0.15) is 67.2 Å². The van der Waals surface area contributed by atoms with Gasteiger partial charge in [-0.2, -0.15) is 0 Å². The van der Waals surface area contributed by atoms with E-state index in [1.807, 2.05) is 70.6 Å². The van der Waals surface area contributed by atoms with E-state index < -0.39 is 0 Å². The molecule has 254 valence electrons. The van der Waals surface area contributed by atoms with Crippen LogP contribution in [0.15, 0.2) is 79.5 Å². The Kier molecular flexibility index (Phi) is 10.7. The van der Waals surface area contributed by atoms with E-state index in [-0.39, 0.29) is 23.4 Å². The average Bonchev–Trinajstić information content (AvgIpc) is 3.87. The highest BCUT2D eigenvalue weighted by Gasteiger charge is 2.25. The number of imidazole rings is 2. The number of H-pyrrole nitrogens is 1. The zero-order valence-electron chi connectivity index (χ0n) is 29.0. The number of amides is 2. The molecular formula is C38H48N6O4. The van der Waals surface area contributed by atoms with Crippen LogP contribution in [0.3, 0.4) is 0 Å². The SMILES string of the molecule is CC(C)(C)OC(=O)N1CCCC1.CC(C)(C)OC(=O)N1CCCC1.c1cn2ccc(-c3ccc(-c4ccc5nc[nH]c5c4)cc3)cc2n1. The number of likely N-dealkylation sites (tertiary alicyclic amines) is 2. The fourth-order valence-electron chi connectivity index (χ4n) is 5.51. The first-order chi connectivity index (χ1) is 22.8. The van der Waals surface area contributed by atoms with Crippen LogP contribution in [0.5, 0.6) is 0 Å². The Morgan fingerprint density at radius 1 is 0.646 bits per heavy atom. The van der Waals surface area contributed by atoms with Gasteiger partial charge in [-0.25, -0.2) is 19.6 Å². The number of carbonyl (C=O) groups is 2. The van der Waals surface area contributed by atoms with Gasteiger partial charge in [0.25, 0.3) is 0 Å². The Hall–Kier alpha value is -4.86. The van der Waals surface area contributed by atoms with Crippen molar-refractivity contribution in [3.63, 3.8) is 0 Å². The molecular weight excluding hydrogens is 604 g/mol. The highest BCUT2D eigenvalue weighted by molar-refractivity contribution is 5.82. The number of aromatic nitrogens is 4. The van der Waals surface area contributed by atoms with Gasteiger partial charge in [0.15, 0.2) is 0 Å². The summed E-state index contributed by atoms with van der Waals surface area (Å²) in [6.45, 7) is 14.8. The summed E-state index contributed by atoms with van der Waals surface area (Å²) >= 11 is 0. The molecule has 1 N–H and O–H groups in total. The minimum atomic E-state index is -0.361. The standard InChI is InChI=1S/C20H14N4.2C9H17NO2/c1-3-15(17-7-9-24-10-8-21-20(24)12-17)4-2-14(1)16-5-6-18-19(11-16)23-13-22-18;2*1-9(2,3)12-8(11)10-6-4-5-7-10/h1-13H,(H,22,23);2*4-7H2,1-3H3. The predicted octanol–water partition coefficient (Wildman–Crippen LogP) is 8.58. The number of nitrogens with one attached hydrogen (secondary N) is 1. The average molecular weight is 653 g/mol. The van der Waals surface area contributed by atoms with E-state index in [9.17, 15) is 9.59 Å². The van der Waals surface area contributed by atoms with Gasteiger partial charge in [0.1, 0.15) is 16.8 Å². The van der Waals surface area contributed by atoms with Crippen LogP contribution in [0.4, 0.5) is 9.59 Å². The summed E-state index contributed by atoms with van der Waals surface area (Å²) in [6.07, 6.45) is 11.6. The highest BCUT2D eigenvalue weighted by atomic mass is 16.6. The van der Waals surface area contributed by atoms with Crippen molar-refractivity contribution in [1.29, 1.82) is 0 Å². The maximum atomic E-state index is 11.4. The molecule has 0 saturated carbocycles. The quantitative estimate of drug-likeness (QED) is 0.205. The molecule has 2 fully saturated rings. The van der Waals surface area contributed by atoms with Gasteiger partial charge in [0, 0.05) is 44.8 Å². The second kappa shape index (κ2) is 14.9. The largest absolute Gasteiger partial charge is 0.444 e. The van der Waals surface area contributed by atoms with Gasteiger partial charge in [-0.1, -0.05) is 30.3 Å². The van der Waals surface area contributed by atoms with Crippen molar-refractivity contribution in [3.05, 3.63) is 79.5 Å². The number of aromatic amines is 1. The van der Waals surface area contributed by atoms with Crippen LogP contribution in [-0.2, 0) is 9.47 Å². The molecule has 7 rings (SSSR count). The van der Waals surface area contributed by atoms with Gasteiger partial charge >= 0.3 is 12.2 Å². The van der Waals surface area contributed by atoms with Gasteiger partial charge in [-0.15, -0.1) is 0 Å². The third kappa shape index (κ3) is 9.59. The molecule has 2 aliphatic rings. The summed E-state index contributed by atoms with van der Waals surface area (Å²) in [5.41, 5.74) is 7.01. The van der Waals surface area contributed by atoms with E-state index in [0.717, 1.165) is 68.5 Å². The normalized spacial score (nSPS) is 14.7. The lowest BCUT2D eigenvalue weighted by atomic mass is 10.0. The third-order valence-electron chi connectivity index (χ3n) is 7.89. The Morgan fingerprint density at radius 3 is 1.67 bits per heavy atom. The molecule has 0 spiro atoms. The molecule has 0 atom stereocenters. The molecule has 2 amide bonds. The van der Waals surface area contributed by atoms with Crippen molar-refractivity contribution in [2.75, 3.05) is 26.2 Å². The Balaban J connectivity index is 0.000000159. The van der Waals surface area contributed by atoms with Crippen molar-refractivity contribution in [2.24, 2.45) is 0 Å². The van der Waals surface area contributed by atoms with E-state index in [2.05, 4.69) is 63.5 Å². The summed E-state index contributed by atoms with van der Waals surface area (Å²) in [6, 6.07) is 19.1. The van der Waals surface area contributed by atoms with Crippen LogP contribution in [0.2, 0.25) is 0 Å². The van der Waals surface area contributed by atoms with E-state index in [4.69, 9.17) is 9.47 Å². The minimum absolute atomic E-state index is 0.167. The number of rotatable bonds is 2. The van der Waals surface area contributed by atoms with Crippen molar-refractivity contribution in [3.8, 4) is 22.3 Å². The monoisotopic (exact) mass is 652 g/mol. The Morgan fingerprint density at radius 2 is 1.15 bits per heavy atom. The summed E-state index contributed by atoms with van der Waals surface area (Å²) in [5, 5.41) is 0.